The standard InChI is InChI=1S/C27H32N2O6S/c1-6-35-22-11-14-24(15-12-22)36(31,32)29(21-9-7-19(2)8-10-21)18-27(30)28-20(3)25-17-23(33-4)13-16-26(25)34-5/h7-17,20H,6,18H2,1-5H3,(H,28,30)/t20-/m1/s1. The molecule has 0 radical (unpaired) electrons. The number of sulfonamides is 1. The molecule has 0 saturated carbocycles. The first-order chi connectivity index (χ1) is 17.2. The van der Waals surface area contributed by atoms with Crippen LogP contribution in [-0.2, 0) is 14.8 Å². The first-order valence-electron chi connectivity index (χ1n) is 11.5. The number of benzene rings is 3. The van der Waals surface area contributed by atoms with Gasteiger partial charge in [-0.15, -0.1) is 0 Å². The van der Waals surface area contributed by atoms with Gasteiger partial charge in [0.25, 0.3) is 10.0 Å². The molecule has 9 heteroatoms. The van der Waals surface area contributed by atoms with E-state index in [0.29, 0.717) is 35.1 Å². The van der Waals surface area contributed by atoms with Crippen LogP contribution in [0.4, 0.5) is 5.69 Å². The predicted octanol–water partition coefficient (Wildman–Crippen LogP) is 4.48. The van der Waals surface area contributed by atoms with Gasteiger partial charge in [-0.05, 0) is 75.4 Å². The Kier molecular flexibility index (Phi) is 8.82. The molecule has 0 heterocycles. The lowest BCUT2D eigenvalue weighted by Gasteiger charge is -2.25. The number of amides is 1. The first-order valence-corrected chi connectivity index (χ1v) is 13.0. The Morgan fingerprint density at radius 2 is 1.58 bits per heavy atom. The number of rotatable bonds is 11. The lowest BCUT2D eigenvalue weighted by molar-refractivity contribution is -0.120. The molecule has 1 N–H and O–H groups in total. The van der Waals surface area contributed by atoms with E-state index in [2.05, 4.69) is 5.32 Å². The zero-order chi connectivity index (χ0) is 26.3. The van der Waals surface area contributed by atoms with Crippen LogP contribution in [0.3, 0.4) is 0 Å². The highest BCUT2D eigenvalue weighted by molar-refractivity contribution is 7.92. The maximum absolute atomic E-state index is 13.6. The summed E-state index contributed by atoms with van der Waals surface area (Å²) >= 11 is 0. The molecule has 1 amide bonds. The van der Waals surface area contributed by atoms with Crippen molar-refractivity contribution in [1.82, 2.24) is 5.32 Å². The number of aryl methyl sites for hydroxylation is 1. The smallest absolute Gasteiger partial charge is 0.264 e. The summed E-state index contributed by atoms with van der Waals surface area (Å²) in [7, 11) is -0.946. The fourth-order valence-electron chi connectivity index (χ4n) is 3.70. The van der Waals surface area contributed by atoms with Crippen LogP contribution in [0.25, 0.3) is 0 Å². The third-order valence-corrected chi connectivity index (χ3v) is 7.40. The maximum Gasteiger partial charge on any atom is 0.264 e. The van der Waals surface area contributed by atoms with E-state index in [1.165, 1.54) is 12.1 Å². The number of hydrogen-bond donors (Lipinski definition) is 1. The number of nitrogens with one attached hydrogen (secondary N) is 1. The molecular weight excluding hydrogens is 480 g/mol. The lowest BCUT2D eigenvalue weighted by Crippen LogP contribution is -2.41. The van der Waals surface area contributed by atoms with Gasteiger partial charge in [-0.3, -0.25) is 9.10 Å². The van der Waals surface area contributed by atoms with Crippen molar-refractivity contribution in [3.05, 3.63) is 77.9 Å². The molecule has 3 aromatic rings. The second-order valence-corrected chi connectivity index (χ2v) is 10.0. The fourth-order valence-corrected chi connectivity index (χ4v) is 5.12. The van der Waals surface area contributed by atoms with Crippen LogP contribution in [0.5, 0.6) is 17.2 Å². The zero-order valence-corrected chi connectivity index (χ0v) is 22.0. The third kappa shape index (κ3) is 6.28. The Hall–Kier alpha value is -3.72. The SMILES string of the molecule is CCOc1ccc(S(=O)(=O)N(CC(=O)N[C@H](C)c2cc(OC)ccc2OC)c2ccc(C)cc2)cc1. The molecule has 0 fully saturated rings. The summed E-state index contributed by atoms with van der Waals surface area (Å²) in [5, 5.41) is 2.88. The van der Waals surface area contributed by atoms with Gasteiger partial charge < -0.3 is 19.5 Å². The molecule has 0 bridgehead atoms. The molecule has 192 valence electrons. The second-order valence-electron chi connectivity index (χ2n) is 8.15. The van der Waals surface area contributed by atoms with Crippen LogP contribution in [0, 0.1) is 6.92 Å². The van der Waals surface area contributed by atoms with Gasteiger partial charge in [-0.2, -0.15) is 0 Å². The summed E-state index contributed by atoms with van der Waals surface area (Å²) in [6.07, 6.45) is 0. The average Bonchev–Trinajstić information content (AvgIpc) is 2.88. The third-order valence-electron chi connectivity index (χ3n) is 5.61. The van der Waals surface area contributed by atoms with Gasteiger partial charge in [0.1, 0.15) is 23.8 Å². The fraction of sp³-hybridized carbons (Fsp3) is 0.296. The molecular formula is C27H32N2O6S. The van der Waals surface area contributed by atoms with E-state index in [1.54, 1.807) is 75.7 Å². The van der Waals surface area contributed by atoms with Gasteiger partial charge in [0.05, 0.1) is 37.5 Å². The Morgan fingerprint density at radius 3 is 2.17 bits per heavy atom. The van der Waals surface area contributed by atoms with E-state index in [1.807, 2.05) is 13.8 Å². The average molecular weight is 513 g/mol. The van der Waals surface area contributed by atoms with Crippen molar-refractivity contribution in [2.24, 2.45) is 0 Å². The van der Waals surface area contributed by atoms with Crippen molar-refractivity contribution >= 4 is 21.6 Å². The largest absolute Gasteiger partial charge is 0.497 e. The van der Waals surface area contributed by atoms with Crippen molar-refractivity contribution < 1.29 is 27.4 Å². The minimum absolute atomic E-state index is 0.0573. The van der Waals surface area contributed by atoms with Crippen LogP contribution in [0.1, 0.15) is 31.0 Å². The number of carbonyl (C=O) groups is 1. The van der Waals surface area contributed by atoms with Crippen LogP contribution >= 0.6 is 0 Å². The molecule has 0 aliphatic heterocycles. The number of methoxy groups -OCH3 is 2. The topological polar surface area (TPSA) is 94.2 Å². The number of anilines is 1. The minimum atomic E-state index is -4.05. The molecule has 3 rings (SSSR count). The summed E-state index contributed by atoms with van der Waals surface area (Å²) in [5.74, 6) is 1.30. The van der Waals surface area contributed by atoms with Crippen molar-refractivity contribution in [1.29, 1.82) is 0 Å². The van der Waals surface area contributed by atoms with Gasteiger partial charge in [0, 0.05) is 5.56 Å². The molecule has 0 unspecified atom stereocenters. The van der Waals surface area contributed by atoms with Crippen molar-refractivity contribution in [2.45, 2.75) is 31.7 Å². The highest BCUT2D eigenvalue weighted by Gasteiger charge is 2.28. The van der Waals surface area contributed by atoms with Gasteiger partial charge in [0.2, 0.25) is 5.91 Å². The summed E-state index contributed by atoms with van der Waals surface area (Å²) in [4.78, 5) is 13.2. The van der Waals surface area contributed by atoms with E-state index >= 15 is 0 Å². The van der Waals surface area contributed by atoms with Crippen molar-refractivity contribution in [3.63, 3.8) is 0 Å². The number of ether oxygens (including phenoxy) is 3. The Balaban J connectivity index is 1.89. The molecule has 36 heavy (non-hydrogen) atoms. The molecule has 0 spiro atoms. The predicted molar refractivity (Wildman–Crippen MR) is 139 cm³/mol. The van der Waals surface area contributed by atoms with E-state index in [0.717, 1.165) is 9.87 Å². The van der Waals surface area contributed by atoms with Crippen LogP contribution in [0.2, 0.25) is 0 Å². The summed E-state index contributed by atoms with van der Waals surface area (Å²) in [5.41, 5.74) is 2.07. The Morgan fingerprint density at radius 1 is 0.944 bits per heavy atom. The van der Waals surface area contributed by atoms with E-state index in [9.17, 15) is 13.2 Å². The van der Waals surface area contributed by atoms with E-state index in [-0.39, 0.29) is 4.90 Å². The minimum Gasteiger partial charge on any atom is -0.497 e. The summed E-state index contributed by atoms with van der Waals surface area (Å²) in [6.45, 7) is 5.62. The second kappa shape index (κ2) is 11.8. The summed E-state index contributed by atoms with van der Waals surface area (Å²) in [6, 6.07) is 18.0. The zero-order valence-electron chi connectivity index (χ0n) is 21.1. The lowest BCUT2D eigenvalue weighted by atomic mass is 10.1. The molecule has 0 aliphatic rings. The van der Waals surface area contributed by atoms with Gasteiger partial charge >= 0.3 is 0 Å². The molecule has 8 nitrogen and oxygen atoms in total. The van der Waals surface area contributed by atoms with E-state index < -0.39 is 28.5 Å². The normalized spacial score (nSPS) is 11.9. The van der Waals surface area contributed by atoms with Crippen LogP contribution < -0.4 is 23.8 Å². The van der Waals surface area contributed by atoms with E-state index in [4.69, 9.17) is 14.2 Å². The number of nitrogens with zero attached hydrogens (tertiary/aromatic N) is 1. The van der Waals surface area contributed by atoms with Gasteiger partial charge in [0.15, 0.2) is 0 Å². The van der Waals surface area contributed by atoms with Crippen LogP contribution in [-0.4, -0.2) is 41.7 Å². The highest BCUT2D eigenvalue weighted by atomic mass is 32.2. The summed E-state index contributed by atoms with van der Waals surface area (Å²) < 4.78 is 44.5. The number of carbonyl (C=O) groups excluding carboxylic acids is 1. The molecule has 0 saturated heterocycles. The first kappa shape index (κ1) is 26.9. The van der Waals surface area contributed by atoms with Gasteiger partial charge in [-0.1, -0.05) is 17.7 Å². The highest BCUT2D eigenvalue weighted by Crippen LogP contribution is 2.30. The monoisotopic (exact) mass is 512 g/mol. The molecule has 0 aliphatic carbocycles. The van der Waals surface area contributed by atoms with Gasteiger partial charge in [-0.25, -0.2) is 8.42 Å². The Labute approximate surface area is 212 Å². The number of hydrogen-bond acceptors (Lipinski definition) is 6. The molecule has 0 aromatic heterocycles. The quantitative estimate of drug-likeness (QED) is 0.407. The van der Waals surface area contributed by atoms with Crippen molar-refractivity contribution in [3.8, 4) is 17.2 Å². The van der Waals surface area contributed by atoms with Crippen LogP contribution in [0.15, 0.2) is 71.6 Å². The molecule has 3 aromatic carbocycles. The van der Waals surface area contributed by atoms with Crippen molar-refractivity contribution in [2.75, 3.05) is 31.7 Å². The molecule has 1 atom stereocenters. The Bertz CT molecular complexity index is 1270. The maximum atomic E-state index is 13.6.